The lowest BCUT2D eigenvalue weighted by molar-refractivity contribution is 0.311. The van der Waals surface area contributed by atoms with Crippen molar-refractivity contribution in [2.24, 2.45) is 0 Å². The number of hydrogen-bond donors (Lipinski definition) is 0. The van der Waals surface area contributed by atoms with Crippen LogP contribution >= 0.6 is 0 Å². The standard InChI is InChI=1S/C21H11F5O/c1-2-9-27-21-17(23)11-14(18(24)20(21)26)5-3-12-4-7-15-13(10-12)6-8-16(22)19(15)25/h2,4,6-8,10-11H,1,9H2. The minimum Gasteiger partial charge on any atom is -0.483 e. The number of ether oxygens (including phenoxy) is 1. The van der Waals surface area contributed by atoms with Crippen molar-refractivity contribution in [3.63, 3.8) is 0 Å². The zero-order chi connectivity index (χ0) is 19.6. The first-order valence-electron chi connectivity index (χ1n) is 7.73. The fourth-order valence-corrected chi connectivity index (χ4v) is 2.43. The van der Waals surface area contributed by atoms with Gasteiger partial charge >= 0.3 is 0 Å². The molecule has 0 heterocycles. The minimum absolute atomic E-state index is 0.0625. The Labute approximate surface area is 151 Å². The van der Waals surface area contributed by atoms with Gasteiger partial charge in [-0.05, 0) is 29.7 Å². The van der Waals surface area contributed by atoms with Gasteiger partial charge in [0.05, 0.1) is 5.56 Å². The fraction of sp³-hybridized carbons (Fsp3) is 0.0476. The molecule has 0 bridgehead atoms. The molecule has 0 amide bonds. The van der Waals surface area contributed by atoms with Crippen molar-refractivity contribution in [3.05, 3.63) is 89.3 Å². The fourth-order valence-electron chi connectivity index (χ4n) is 2.43. The van der Waals surface area contributed by atoms with E-state index >= 15 is 0 Å². The maximum absolute atomic E-state index is 14.1. The first-order valence-corrected chi connectivity index (χ1v) is 7.73. The predicted molar refractivity (Wildman–Crippen MR) is 91.9 cm³/mol. The molecule has 136 valence electrons. The van der Waals surface area contributed by atoms with E-state index in [4.69, 9.17) is 4.74 Å². The molecule has 1 nitrogen and oxygen atoms in total. The average Bonchev–Trinajstić information content (AvgIpc) is 2.66. The molecule has 0 aliphatic rings. The molecule has 0 aliphatic heterocycles. The van der Waals surface area contributed by atoms with Crippen molar-refractivity contribution in [3.8, 4) is 17.6 Å². The monoisotopic (exact) mass is 374 g/mol. The van der Waals surface area contributed by atoms with Crippen LogP contribution in [0, 0.1) is 40.9 Å². The summed E-state index contributed by atoms with van der Waals surface area (Å²) in [6, 6.07) is 7.23. The molecule has 0 N–H and O–H groups in total. The number of benzene rings is 3. The quantitative estimate of drug-likeness (QED) is 0.255. The van der Waals surface area contributed by atoms with E-state index in [2.05, 4.69) is 18.4 Å². The van der Waals surface area contributed by atoms with Gasteiger partial charge in [0, 0.05) is 10.9 Å². The van der Waals surface area contributed by atoms with Crippen LogP contribution in [0.25, 0.3) is 10.8 Å². The normalized spacial score (nSPS) is 10.4. The molecule has 3 aromatic rings. The molecule has 6 heteroatoms. The molecule has 27 heavy (non-hydrogen) atoms. The van der Waals surface area contributed by atoms with Crippen LogP contribution in [0.2, 0.25) is 0 Å². The van der Waals surface area contributed by atoms with E-state index in [1.54, 1.807) is 0 Å². The molecule has 0 spiro atoms. The third kappa shape index (κ3) is 3.63. The summed E-state index contributed by atoms with van der Waals surface area (Å²) < 4.78 is 73.6. The van der Waals surface area contributed by atoms with Crippen LogP contribution in [0.15, 0.2) is 49.1 Å². The van der Waals surface area contributed by atoms with Crippen LogP contribution in [0.5, 0.6) is 5.75 Å². The molecule has 0 saturated heterocycles. The minimum atomic E-state index is -1.49. The Morgan fingerprint density at radius 1 is 0.852 bits per heavy atom. The SMILES string of the molecule is C=CCOc1c(F)cc(C#Cc2ccc3c(F)c(F)ccc3c2)c(F)c1F. The van der Waals surface area contributed by atoms with Gasteiger partial charge in [0.1, 0.15) is 6.61 Å². The van der Waals surface area contributed by atoms with Gasteiger partial charge in [-0.3, -0.25) is 0 Å². The number of hydrogen-bond acceptors (Lipinski definition) is 1. The van der Waals surface area contributed by atoms with Gasteiger partial charge in [0.15, 0.2) is 29.0 Å². The lowest BCUT2D eigenvalue weighted by atomic mass is 10.1. The van der Waals surface area contributed by atoms with Gasteiger partial charge in [0.25, 0.3) is 0 Å². The third-order valence-electron chi connectivity index (χ3n) is 3.71. The summed E-state index contributed by atoms with van der Waals surface area (Å²) in [5, 5.41) is 0.444. The molecule has 0 saturated carbocycles. The van der Waals surface area contributed by atoms with Gasteiger partial charge in [-0.25, -0.2) is 17.6 Å². The van der Waals surface area contributed by atoms with Crippen LogP contribution in [0.1, 0.15) is 11.1 Å². The highest BCUT2D eigenvalue weighted by Gasteiger charge is 2.19. The smallest absolute Gasteiger partial charge is 0.205 e. The molecule has 3 rings (SSSR count). The largest absolute Gasteiger partial charge is 0.483 e. The second-order valence-corrected chi connectivity index (χ2v) is 5.51. The lowest BCUT2D eigenvalue weighted by Crippen LogP contribution is -2.03. The highest BCUT2D eigenvalue weighted by molar-refractivity contribution is 5.84. The van der Waals surface area contributed by atoms with E-state index in [0.29, 0.717) is 10.9 Å². The second-order valence-electron chi connectivity index (χ2n) is 5.51. The highest BCUT2D eigenvalue weighted by Crippen LogP contribution is 2.27. The Hall–Kier alpha value is -3.33. The van der Waals surface area contributed by atoms with Crippen molar-refractivity contribution in [2.45, 2.75) is 0 Å². The van der Waals surface area contributed by atoms with Gasteiger partial charge in [-0.2, -0.15) is 4.39 Å². The Morgan fingerprint density at radius 2 is 1.63 bits per heavy atom. The third-order valence-corrected chi connectivity index (χ3v) is 3.71. The predicted octanol–water partition coefficient (Wildman–Crippen LogP) is 5.50. The van der Waals surface area contributed by atoms with Gasteiger partial charge in [-0.15, -0.1) is 0 Å². The van der Waals surface area contributed by atoms with Crippen LogP contribution in [-0.2, 0) is 0 Å². The molecule has 0 aliphatic carbocycles. The summed E-state index contributed by atoms with van der Waals surface area (Å²) >= 11 is 0. The van der Waals surface area contributed by atoms with Crippen molar-refractivity contribution >= 4 is 10.8 Å². The van der Waals surface area contributed by atoms with E-state index in [1.165, 1.54) is 30.3 Å². The highest BCUT2D eigenvalue weighted by atomic mass is 19.2. The second kappa shape index (κ2) is 7.50. The van der Waals surface area contributed by atoms with E-state index in [1.807, 2.05) is 0 Å². The van der Waals surface area contributed by atoms with E-state index in [-0.39, 0.29) is 12.0 Å². The van der Waals surface area contributed by atoms with E-state index in [9.17, 15) is 22.0 Å². The van der Waals surface area contributed by atoms with Crippen LogP contribution in [0.3, 0.4) is 0 Å². The zero-order valence-electron chi connectivity index (χ0n) is 13.8. The summed E-state index contributed by atoms with van der Waals surface area (Å²) in [4.78, 5) is 0. The summed E-state index contributed by atoms with van der Waals surface area (Å²) in [6.45, 7) is 3.15. The van der Waals surface area contributed by atoms with Crippen LogP contribution in [0.4, 0.5) is 22.0 Å². The molecular formula is C21H11F5O. The van der Waals surface area contributed by atoms with Crippen molar-refractivity contribution in [1.29, 1.82) is 0 Å². The summed E-state index contributed by atoms with van der Waals surface area (Å²) in [5.41, 5.74) is -0.165. The Balaban J connectivity index is 1.99. The zero-order valence-corrected chi connectivity index (χ0v) is 13.8. The Morgan fingerprint density at radius 3 is 2.37 bits per heavy atom. The first-order chi connectivity index (χ1) is 12.9. The van der Waals surface area contributed by atoms with Gasteiger partial charge in [-0.1, -0.05) is 36.6 Å². The summed E-state index contributed by atoms with van der Waals surface area (Å²) in [7, 11) is 0. The molecular weight excluding hydrogens is 363 g/mol. The van der Waals surface area contributed by atoms with Gasteiger partial charge in [0.2, 0.25) is 5.82 Å². The van der Waals surface area contributed by atoms with Gasteiger partial charge < -0.3 is 4.74 Å². The topological polar surface area (TPSA) is 9.23 Å². The molecule has 0 atom stereocenters. The maximum Gasteiger partial charge on any atom is 0.205 e. The Bertz CT molecular complexity index is 1110. The number of rotatable bonds is 3. The summed E-state index contributed by atoms with van der Waals surface area (Å²) in [5.74, 6) is -1.87. The van der Waals surface area contributed by atoms with Crippen molar-refractivity contribution < 1.29 is 26.7 Å². The molecule has 0 unspecified atom stereocenters. The number of fused-ring (bicyclic) bond motifs is 1. The van der Waals surface area contributed by atoms with Crippen molar-refractivity contribution in [2.75, 3.05) is 6.61 Å². The molecule has 3 aromatic carbocycles. The van der Waals surface area contributed by atoms with Crippen molar-refractivity contribution in [1.82, 2.24) is 0 Å². The van der Waals surface area contributed by atoms with E-state index in [0.717, 1.165) is 12.1 Å². The van der Waals surface area contributed by atoms with Crippen LogP contribution < -0.4 is 4.74 Å². The van der Waals surface area contributed by atoms with Crippen LogP contribution in [-0.4, -0.2) is 6.61 Å². The Kier molecular flexibility index (Phi) is 5.13. The molecule has 0 aromatic heterocycles. The maximum atomic E-state index is 14.1. The molecule has 0 radical (unpaired) electrons. The average molecular weight is 374 g/mol. The number of halogens is 5. The molecule has 0 fully saturated rings. The lowest BCUT2D eigenvalue weighted by Gasteiger charge is -2.07. The first kappa shape index (κ1) is 18.5. The van der Waals surface area contributed by atoms with E-state index < -0.39 is 40.4 Å². The summed E-state index contributed by atoms with van der Waals surface area (Å²) in [6.07, 6.45) is 1.26.